The van der Waals surface area contributed by atoms with Gasteiger partial charge in [0.2, 0.25) is 0 Å². The molecule has 1 fully saturated rings. The summed E-state index contributed by atoms with van der Waals surface area (Å²) in [6, 6.07) is 0.423. The van der Waals surface area contributed by atoms with Crippen molar-refractivity contribution < 1.29 is 9.84 Å². The smallest absolute Gasteiger partial charge is 0.0506 e. The topological polar surface area (TPSA) is 41.5 Å². The van der Waals surface area contributed by atoms with Gasteiger partial charge in [0.25, 0.3) is 0 Å². The lowest BCUT2D eigenvalue weighted by molar-refractivity contribution is 0.0537. The van der Waals surface area contributed by atoms with Crippen LogP contribution in [0.4, 0.5) is 0 Å². The first kappa shape index (κ1) is 11.0. The Morgan fingerprint density at radius 1 is 1.62 bits per heavy atom. The van der Waals surface area contributed by atoms with Crippen LogP contribution in [0.15, 0.2) is 0 Å². The Morgan fingerprint density at radius 2 is 2.46 bits per heavy atom. The Labute approximate surface area is 80.5 Å². The standard InChI is InChI=1S/C10H21NO2/c1-9(4-5-12)11-7-10-3-2-6-13-8-10/h9-12H,2-8H2,1H3. The van der Waals surface area contributed by atoms with E-state index in [9.17, 15) is 0 Å². The van der Waals surface area contributed by atoms with Crippen LogP contribution in [-0.4, -0.2) is 37.5 Å². The number of aliphatic hydroxyl groups is 1. The number of hydrogen-bond acceptors (Lipinski definition) is 3. The van der Waals surface area contributed by atoms with Gasteiger partial charge in [0.1, 0.15) is 0 Å². The molecule has 3 heteroatoms. The van der Waals surface area contributed by atoms with Crippen molar-refractivity contribution >= 4 is 0 Å². The van der Waals surface area contributed by atoms with Crippen LogP contribution in [-0.2, 0) is 4.74 Å². The van der Waals surface area contributed by atoms with Gasteiger partial charge in [-0.25, -0.2) is 0 Å². The highest BCUT2D eigenvalue weighted by Crippen LogP contribution is 2.12. The van der Waals surface area contributed by atoms with Crippen molar-refractivity contribution in [1.29, 1.82) is 0 Å². The van der Waals surface area contributed by atoms with E-state index >= 15 is 0 Å². The summed E-state index contributed by atoms with van der Waals surface area (Å²) < 4.78 is 5.38. The van der Waals surface area contributed by atoms with Crippen molar-refractivity contribution in [3.63, 3.8) is 0 Å². The quantitative estimate of drug-likeness (QED) is 0.668. The number of nitrogens with one attached hydrogen (secondary N) is 1. The normalized spacial score (nSPS) is 25.8. The van der Waals surface area contributed by atoms with Gasteiger partial charge in [0.05, 0.1) is 6.61 Å². The Bertz CT molecular complexity index is 124. The molecule has 1 rings (SSSR count). The van der Waals surface area contributed by atoms with Crippen molar-refractivity contribution in [2.45, 2.75) is 32.2 Å². The van der Waals surface area contributed by atoms with Crippen LogP contribution in [0.2, 0.25) is 0 Å². The van der Waals surface area contributed by atoms with E-state index in [-0.39, 0.29) is 6.61 Å². The molecule has 1 aliphatic heterocycles. The van der Waals surface area contributed by atoms with E-state index in [1.165, 1.54) is 12.8 Å². The maximum absolute atomic E-state index is 8.71. The fourth-order valence-corrected chi connectivity index (χ4v) is 1.63. The van der Waals surface area contributed by atoms with E-state index in [1.807, 2.05) is 0 Å². The molecule has 0 amide bonds. The summed E-state index contributed by atoms with van der Waals surface area (Å²) in [6.45, 7) is 5.25. The molecule has 0 aromatic carbocycles. The average Bonchev–Trinajstić information content (AvgIpc) is 2.17. The van der Waals surface area contributed by atoms with Crippen molar-refractivity contribution in [2.75, 3.05) is 26.4 Å². The van der Waals surface area contributed by atoms with Crippen LogP contribution in [0.1, 0.15) is 26.2 Å². The molecule has 0 aromatic heterocycles. The van der Waals surface area contributed by atoms with Gasteiger partial charge in [-0.05, 0) is 32.1 Å². The number of rotatable bonds is 5. The second-order valence-electron chi connectivity index (χ2n) is 3.90. The lowest BCUT2D eigenvalue weighted by atomic mass is 10.0. The lowest BCUT2D eigenvalue weighted by Gasteiger charge is -2.24. The van der Waals surface area contributed by atoms with E-state index < -0.39 is 0 Å². The van der Waals surface area contributed by atoms with E-state index in [2.05, 4.69) is 12.2 Å². The molecule has 1 saturated heterocycles. The van der Waals surface area contributed by atoms with Gasteiger partial charge in [-0.3, -0.25) is 0 Å². The monoisotopic (exact) mass is 187 g/mol. The summed E-state index contributed by atoms with van der Waals surface area (Å²) >= 11 is 0. The SMILES string of the molecule is CC(CCO)NCC1CCCOC1. The van der Waals surface area contributed by atoms with Crippen molar-refractivity contribution in [2.24, 2.45) is 5.92 Å². The summed E-state index contributed by atoms with van der Waals surface area (Å²) in [7, 11) is 0. The van der Waals surface area contributed by atoms with Gasteiger partial charge >= 0.3 is 0 Å². The minimum atomic E-state index is 0.273. The van der Waals surface area contributed by atoms with Gasteiger partial charge in [-0.15, -0.1) is 0 Å². The van der Waals surface area contributed by atoms with E-state index in [1.54, 1.807) is 0 Å². The molecule has 0 aliphatic carbocycles. The highest BCUT2D eigenvalue weighted by Gasteiger charge is 2.14. The molecule has 2 N–H and O–H groups in total. The molecule has 1 aliphatic rings. The van der Waals surface area contributed by atoms with Gasteiger partial charge < -0.3 is 15.2 Å². The molecule has 0 spiro atoms. The number of hydrogen-bond donors (Lipinski definition) is 2. The number of ether oxygens (including phenoxy) is 1. The molecular weight excluding hydrogens is 166 g/mol. The van der Waals surface area contributed by atoms with E-state index in [4.69, 9.17) is 9.84 Å². The molecule has 3 nitrogen and oxygen atoms in total. The third-order valence-corrected chi connectivity index (χ3v) is 2.57. The first-order chi connectivity index (χ1) is 6.33. The molecular formula is C10H21NO2. The average molecular weight is 187 g/mol. The second-order valence-corrected chi connectivity index (χ2v) is 3.90. The first-order valence-electron chi connectivity index (χ1n) is 5.25. The van der Waals surface area contributed by atoms with Gasteiger partial charge in [0.15, 0.2) is 0 Å². The molecule has 13 heavy (non-hydrogen) atoms. The zero-order chi connectivity index (χ0) is 9.52. The molecule has 0 bridgehead atoms. The van der Waals surface area contributed by atoms with E-state index in [0.717, 1.165) is 26.2 Å². The van der Waals surface area contributed by atoms with Crippen LogP contribution in [0.25, 0.3) is 0 Å². The maximum Gasteiger partial charge on any atom is 0.0506 e. The highest BCUT2D eigenvalue weighted by molar-refractivity contribution is 4.68. The first-order valence-corrected chi connectivity index (χ1v) is 5.25. The Morgan fingerprint density at radius 3 is 3.08 bits per heavy atom. The molecule has 2 unspecified atom stereocenters. The summed E-state index contributed by atoms with van der Waals surface area (Å²) in [6.07, 6.45) is 3.31. The van der Waals surface area contributed by atoms with Gasteiger partial charge in [-0.2, -0.15) is 0 Å². The predicted octanol–water partition coefficient (Wildman–Crippen LogP) is 0.773. The van der Waals surface area contributed by atoms with Crippen molar-refractivity contribution in [1.82, 2.24) is 5.32 Å². The molecule has 1 heterocycles. The summed E-state index contributed by atoms with van der Waals surface area (Å²) in [4.78, 5) is 0. The van der Waals surface area contributed by atoms with Crippen LogP contribution < -0.4 is 5.32 Å². The Hall–Kier alpha value is -0.120. The molecule has 0 saturated carbocycles. The second kappa shape index (κ2) is 6.35. The summed E-state index contributed by atoms with van der Waals surface area (Å²) in [5.41, 5.74) is 0. The minimum Gasteiger partial charge on any atom is -0.396 e. The predicted molar refractivity (Wildman–Crippen MR) is 52.7 cm³/mol. The highest BCUT2D eigenvalue weighted by atomic mass is 16.5. The maximum atomic E-state index is 8.71. The fourth-order valence-electron chi connectivity index (χ4n) is 1.63. The lowest BCUT2D eigenvalue weighted by Crippen LogP contribution is -2.35. The summed E-state index contributed by atoms with van der Waals surface area (Å²) in [5.74, 6) is 0.676. The van der Waals surface area contributed by atoms with Crippen LogP contribution >= 0.6 is 0 Å². The Balaban J connectivity index is 2.03. The third-order valence-electron chi connectivity index (χ3n) is 2.57. The summed E-state index contributed by atoms with van der Waals surface area (Å²) in [5, 5.41) is 12.1. The third kappa shape index (κ3) is 4.60. The fraction of sp³-hybridized carbons (Fsp3) is 1.00. The molecule has 78 valence electrons. The van der Waals surface area contributed by atoms with Crippen LogP contribution in [0, 0.1) is 5.92 Å². The van der Waals surface area contributed by atoms with Crippen LogP contribution in [0.5, 0.6) is 0 Å². The van der Waals surface area contributed by atoms with Crippen molar-refractivity contribution in [3.8, 4) is 0 Å². The number of aliphatic hydroxyl groups excluding tert-OH is 1. The molecule has 2 atom stereocenters. The van der Waals surface area contributed by atoms with Gasteiger partial charge in [-0.1, -0.05) is 0 Å². The van der Waals surface area contributed by atoms with E-state index in [0.29, 0.717) is 12.0 Å². The van der Waals surface area contributed by atoms with Crippen LogP contribution in [0.3, 0.4) is 0 Å². The molecule has 0 radical (unpaired) electrons. The van der Waals surface area contributed by atoms with Crippen molar-refractivity contribution in [3.05, 3.63) is 0 Å². The minimum absolute atomic E-state index is 0.273. The molecule has 0 aromatic rings. The zero-order valence-electron chi connectivity index (χ0n) is 8.46. The largest absolute Gasteiger partial charge is 0.396 e. The zero-order valence-corrected chi connectivity index (χ0v) is 8.46. The van der Waals surface area contributed by atoms with Gasteiger partial charge in [0, 0.05) is 25.8 Å². The Kier molecular flexibility index (Phi) is 5.35.